The normalized spacial score (nSPS) is 13.1. The van der Waals surface area contributed by atoms with E-state index in [1.807, 2.05) is 18.7 Å². The molecule has 0 aliphatic rings. The largest absolute Gasteiger partial charge is 0.383 e. The molecule has 0 bridgehead atoms. The topological polar surface area (TPSA) is 55.6 Å². The van der Waals surface area contributed by atoms with Gasteiger partial charge < -0.3 is 15.4 Å². The first-order valence-corrected chi connectivity index (χ1v) is 7.42. The van der Waals surface area contributed by atoms with Crippen molar-refractivity contribution in [2.24, 2.45) is 17.6 Å². The maximum atomic E-state index is 12.3. The number of hydrogen-bond donors (Lipinski definition) is 1. The molecular weight excluding hydrogens is 240 g/mol. The van der Waals surface area contributed by atoms with Gasteiger partial charge >= 0.3 is 0 Å². The van der Waals surface area contributed by atoms with Crippen LogP contribution in [0.4, 0.5) is 0 Å². The minimum Gasteiger partial charge on any atom is -0.383 e. The molecule has 0 aromatic carbocycles. The second-order valence-corrected chi connectivity index (χ2v) is 5.79. The lowest BCUT2D eigenvalue weighted by atomic mass is 9.88. The lowest BCUT2D eigenvalue weighted by Gasteiger charge is -2.28. The Morgan fingerprint density at radius 2 is 1.84 bits per heavy atom. The molecule has 0 aliphatic carbocycles. The van der Waals surface area contributed by atoms with Crippen molar-refractivity contribution in [3.05, 3.63) is 0 Å². The van der Waals surface area contributed by atoms with Gasteiger partial charge in [0.25, 0.3) is 0 Å². The van der Waals surface area contributed by atoms with Gasteiger partial charge in [-0.05, 0) is 45.1 Å². The fourth-order valence-electron chi connectivity index (χ4n) is 2.34. The van der Waals surface area contributed by atoms with Gasteiger partial charge in [0.15, 0.2) is 0 Å². The van der Waals surface area contributed by atoms with E-state index in [-0.39, 0.29) is 11.9 Å². The Hall–Kier alpha value is -0.610. The van der Waals surface area contributed by atoms with Crippen LogP contribution in [0.5, 0.6) is 0 Å². The third-order valence-corrected chi connectivity index (χ3v) is 3.69. The van der Waals surface area contributed by atoms with E-state index in [4.69, 9.17) is 10.5 Å². The number of ether oxygens (including phenoxy) is 1. The van der Waals surface area contributed by atoms with Crippen LogP contribution in [0, 0.1) is 11.8 Å². The zero-order chi connectivity index (χ0) is 14.8. The summed E-state index contributed by atoms with van der Waals surface area (Å²) >= 11 is 0. The van der Waals surface area contributed by atoms with Crippen LogP contribution in [-0.4, -0.2) is 43.7 Å². The van der Waals surface area contributed by atoms with Crippen molar-refractivity contribution in [1.82, 2.24) is 4.90 Å². The van der Waals surface area contributed by atoms with Gasteiger partial charge in [-0.25, -0.2) is 0 Å². The van der Waals surface area contributed by atoms with Crippen molar-refractivity contribution in [2.75, 3.05) is 26.8 Å². The van der Waals surface area contributed by atoms with Crippen molar-refractivity contribution in [3.8, 4) is 0 Å². The van der Waals surface area contributed by atoms with Crippen LogP contribution in [-0.2, 0) is 9.53 Å². The molecule has 4 heteroatoms. The van der Waals surface area contributed by atoms with E-state index < -0.39 is 0 Å². The summed E-state index contributed by atoms with van der Waals surface area (Å²) in [7, 11) is 1.67. The third kappa shape index (κ3) is 7.53. The van der Waals surface area contributed by atoms with Crippen molar-refractivity contribution in [3.63, 3.8) is 0 Å². The quantitative estimate of drug-likeness (QED) is 0.664. The second kappa shape index (κ2) is 10.2. The Bertz CT molecular complexity index is 242. The average Bonchev–Trinajstić information content (AvgIpc) is 2.34. The molecule has 0 aromatic heterocycles. The van der Waals surface area contributed by atoms with Gasteiger partial charge in [-0.15, -0.1) is 0 Å². The van der Waals surface area contributed by atoms with E-state index in [0.29, 0.717) is 38.0 Å². The van der Waals surface area contributed by atoms with Gasteiger partial charge in [-0.3, -0.25) is 4.79 Å². The second-order valence-electron chi connectivity index (χ2n) is 5.79. The van der Waals surface area contributed by atoms with E-state index in [1.54, 1.807) is 7.11 Å². The molecule has 0 saturated carbocycles. The molecule has 0 aliphatic heterocycles. The van der Waals surface area contributed by atoms with Crippen molar-refractivity contribution in [2.45, 2.75) is 53.0 Å². The Kier molecular flexibility index (Phi) is 9.88. The molecule has 2 N–H and O–H groups in total. The number of rotatable bonds is 10. The number of carbonyl (C=O) groups is 1. The van der Waals surface area contributed by atoms with Crippen LogP contribution in [0.25, 0.3) is 0 Å². The monoisotopic (exact) mass is 272 g/mol. The zero-order valence-electron chi connectivity index (χ0n) is 13.3. The molecule has 0 aromatic rings. The number of nitrogens with two attached hydrogens (primary N) is 1. The number of hydrogen-bond acceptors (Lipinski definition) is 3. The molecule has 1 atom stereocenters. The highest BCUT2D eigenvalue weighted by Crippen LogP contribution is 2.21. The Morgan fingerprint density at radius 3 is 2.26 bits per heavy atom. The van der Waals surface area contributed by atoms with Crippen LogP contribution >= 0.6 is 0 Å². The summed E-state index contributed by atoms with van der Waals surface area (Å²) in [5, 5.41) is 0. The Labute approximate surface area is 118 Å². The first kappa shape index (κ1) is 18.4. The molecule has 0 heterocycles. The molecule has 0 fully saturated rings. The van der Waals surface area contributed by atoms with Gasteiger partial charge in [0.2, 0.25) is 5.91 Å². The highest BCUT2D eigenvalue weighted by molar-refractivity contribution is 5.76. The summed E-state index contributed by atoms with van der Waals surface area (Å²) in [5.41, 5.74) is 5.64. The first-order valence-electron chi connectivity index (χ1n) is 7.42. The predicted molar refractivity (Wildman–Crippen MR) is 80.0 cm³/mol. The number of methoxy groups -OCH3 is 1. The molecule has 114 valence electrons. The third-order valence-electron chi connectivity index (χ3n) is 3.69. The molecule has 4 nitrogen and oxygen atoms in total. The van der Waals surface area contributed by atoms with Crippen molar-refractivity contribution >= 4 is 5.91 Å². The minimum absolute atomic E-state index is 0.231. The van der Waals surface area contributed by atoms with Crippen LogP contribution in [0.2, 0.25) is 0 Å². The Morgan fingerprint density at radius 1 is 1.21 bits per heavy atom. The fourth-order valence-corrected chi connectivity index (χ4v) is 2.34. The van der Waals surface area contributed by atoms with Gasteiger partial charge in [0.05, 0.1) is 6.61 Å². The predicted octanol–water partition coefficient (Wildman–Crippen LogP) is 2.27. The molecule has 19 heavy (non-hydrogen) atoms. The van der Waals surface area contributed by atoms with E-state index >= 15 is 0 Å². The summed E-state index contributed by atoms with van der Waals surface area (Å²) in [6, 6.07) is 0.231. The SMILES string of the molecule is COCCN(C(=O)CCC(CCN)C(C)C)C(C)C. The number of carbonyl (C=O) groups excluding carboxylic acids is 1. The smallest absolute Gasteiger partial charge is 0.222 e. The molecule has 1 unspecified atom stereocenters. The maximum absolute atomic E-state index is 12.3. The van der Waals surface area contributed by atoms with E-state index in [1.165, 1.54) is 0 Å². The molecule has 0 spiro atoms. The van der Waals surface area contributed by atoms with Crippen molar-refractivity contribution < 1.29 is 9.53 Å². The van der Waals surface area contributed by atoms with Gasteiger partial charge in [0, 0.05) is 26.1 Å². The molecule has 1 amide bonds. The van der Waals surface area contributed by atoms with Gasteiger partial charge in [0.1, 0.15) is 0 Å². The van der Waals surface area contributed by atoms with Crippen LogP contribution < -0.4 is 5.73 Å². The summed E-state index contributed by atoms with van der Waals surface area (Å²) in [4.78, 5) is 14.2. The highest BCUT2D eigenvalue weighted by atomic mass is 16.5. The summed E-state index contributed by atoms with van der Waals surface area (Å²) in [6.45, 7) is 10.5. The van der Waals surface area contributed by atoms with Crippen LogP contribution in [0.15, 0.2) is 0 Å². The van der Waals surface area contributed by atoms with E-state index in [2.05, 4.69) is 13.8 Å². The Balaban J connectivity index is 4.30. The summed E-state index contributed by atoms with van der Waals surface area (Å²) in [6.07, 6.45) is 2.55. The average molecular weight is 272 g/mol. The van der Waals surface area contributed by atoms with Crippen molar-refractivity contribution in [1.29, 1.82) is 0 Å². The lowest BCUT2D eigenvalue weighted by Crippen LogP contribution is -2.39. The standard InChI is InChI=1S/C15H32N2O2/c1-12(2)14(8-9-16)6-7-15(18)17(13(3)4)10-11-19-5/h12-14H,6-11,16H2,1-5H3. The lowest BCUT2D eigenvalue weighted by molar-refractivity contribution is -0.134. The van der Waals surface area contributed by atoms with E-state index in [0.717, 1.165) is 12.8 Å². The zero-order valence-corrected chi connectivity index (χ0v) is 13.3. The van der Waals surface area contributed by atoms with Crippen LogP contribution in [0.3, 0.4) is 0 Å². The minimum atomic E-state index is 0.231. The fraction of sp³-hybridized carbons (Fsp3) is 0.933. The summed E-state index contributed by atoms with van der Waals surface area (Å²) < 4.78 is 5.06. The number of nitrogens with zero attached hydrogens (tertiary/aromatic N) is 1. The maximum Gasteiger partial charge on any atom is 0.222 e. The first-order chi connectivity index (χ1) is 8.93. The molecule has 0 radical (unpaired) electrons. The van der Waals surface area contributed by atoms with Gasteiger partial charge in [-0.1, -0.05) is 13.8 Å². The van der Waals surface area contributed by atoms with Gasteiger partial charge in [-0.2, -0.15) is 0 Å². The van der Waals surface area contributed by atoms with Crippen LogP contribution in [0.1, 0.15) is 47.0 Å². The summed E-state index contributed by atoms with van der Waals surface area (Å²) in [5.74, 6) is 1.36. The molecular formula is C15H32N2O2. The van der Waals surface area contributed by atoms with E-state index in [9.17, 15) is 4.79 Å². The highest BCUT2D eigenvalue weighted by Gasteiger charge is 2.19. The molecule has 0 saturated heterocycles. The number of amides is 1. The molecule has 0 rings (SSSR count).